The van der Waals surface area contributed by atoms with E-state index < -0.39 is 11.6 Å². The number of halogens is 2. The van der Waals surface area contributed by atoms with Crippen LogP contribution in [0, 0.1) is 17.6 Å². The van der Waals surface area contributed by atoms with Gasteiger partial charge in [0.15, 0.2) is 0 Å². The molecule has 2 aromatic carbocycles. The Bertz CT molecular complexity index is 798. The Labute approximate surface area is 180 Å². The summed E-state index contributed by atoms with van der Waals surface area (Å²) in [7, 11) is 0. The van der Waals surface area contributed by atoms with E-state index in [1.165, 1.54) is 56.2 Å². The average molecular weight is 413 g/mol. The van der Waals surface area contributed by atoms with Gasteiger partial charge in [-0.3, -0.25) is 0 Å². The Morgan fingerprint density at radius 3 is 2.40 bits per heavy atom. The molecule has 1 aliphatic rings. The molecule has 162 valence electrons. The maximum absolute atomic E-state index is 14.7. The molecule has 0 unspecified atom stereocenters. The molecular weight excluding hydrogens is 378 g/mol. The first-order valence-corrected chi connectivity index (χ1v) is 11.4. The normalized spacial score (nSPS) is 19.0. The number of benzene rings is 2. The molecule has 2 aromatic rings. The molecule has 0 saturated heterocycles. The highest BCUT2D eigenvalue weighted by molar-refractivity contribution is 5.68. The van der Waals surface area contributed by atoms with Crippen LogP contribution in [0.5, 0.6) is 0 Å². The van der Waals surface area contributed by atoms with Gasteiger partial charge in [-0.2, -0.15) is 0 Å². The van der Waals surface area contributed by atoms with Gasteiger partial charge in [-0.25, -0.2) is 8.78 Å². The quantitative estimate of drug-likeness (QED) is 0.282. The lowest BCUT2D eigenvalue weighted by molar-refractivity contribution is 0.143. The standard InChI is InChI=1S/C27H34F2O/c1-3-5-6-9-20-12-14-21(15-13-20)23-10-7-8-11-24(23)22-17-26(28)25(27(29)18-22)19-30-16-4-2/h4,7-8,10-11,17-18,20-21H,2-3,5-6,9,12-16,19H2,1H3/t20-,21-. The Kier molecular flexibility index (Phi) is 8.62. The first-order chi connectivity index (χ1) is 14.6. The lowest BCUT2D eigenvalue weighted by atomic mass is 9.75. The Morgan fingerprint density at radius 1 is 1.03 bits per heavy atom. The molecule has 0 spiro atoms. The van der Waals surface area contributed by atoms with Crippen LogP contribution in [0.3, 0.4) is 0 Å². The van der Waals surface area contributed by atoms with E-state index in [1.54, 1.807) is 6.08 Å². The van der Waals surface area contributed by atoms with Crippen LogP contribution in [0.2, 0.25) is 0 Å². The molecule has 0 atom stereocenters. The van der Waals surface area contributed by atoms with Crippen molar-refractivity contribution in [3.63, 3.8) is 0 Å². The van der Waals surface area contributed by atoms with E-state index in [4.69, 9.17) is 4.74 Å². The minimum atomic E-state index is -0.552. The van der Waals surface area contributed by atoms with E-state index in [1.807, 2.05) is 18.2 Å². The molecule has 0 aromatic heterocycles. The molecule has 30 heavy (non-hydrogen) atoms. The van der Waals surface area contributed by atoms with Crippen molar-refractivity contribution in [3.05, 3.63) is 71.8 Å². The van der Waals surface area contributed by atoms with Crippen molar-refractivity contribution < 1.29 is 13.5 Å². The predicted octanol–water partition coefficient (Wildman–Crippen LogP) is 8.19. The summed E-state index contributed by atoms with van der Waals surface area (Å²) in [6, 6.07) is 11.0. The van der Waals surface area contributed by atoms with Gasteiger partial charge in [0.25, 0.3) is 0 Å². The fourth-order valence-corrected chi connectivity index (χ4v) is 4.70. The van der Waals surface area contributed by atoms with E-state index in [9.17, 15) is 8.78 Å². The first-order valence-electron chi connectivity index (χ1n) is 11.4. The van der Waals surface area contributed by atoms with Gasteiger partial charge in [0.2, 0.25) is 0 Å². The summed E-state index contributed by atoms with van der Waals surface area (Å²) in [6.45, 7) is 5.98. The summed E-state index contributed by atoms with van der Waals surface area (Å²) in [4.78, 5) is 0. The van der Waals surface area contributed by atoms with Crippen LogP contribution in [0.25, 0.3) is 11.1 Å². The van der Waals surface area contributed by atoms with Gasteiger partial charge >= 0.3 is 0 Å². The number of hydrogen-bond donors (Lipinski definition) is 0. The number of rotatable bonds is 10. The topological polar surface area (TPSA) is 9.23 Å². The fourth-order valence-electron chi connectivity index (χ4n) is 4.70. The van der Waals surface area contributed by atoms with Gasteiger partial charge in [-0.1, -0.05) is 62.9 Å². The molecule has 1 nitrogen and oxygen atoms in total. The van der Waals surface area contributed by atoms with Crippen LogP contribution in [0.1, 0.15) is 75.3 Å². The maximum Gasteiger partial charge on any atom is 0.132 e. The van der Waals surface area contributed by atoms with Crippen LogP contribution in [-0.4, -0.2) is 6.61 Å². The summed E-state index contributed by atoms with van der Waals surface area (Å²) in [5.41, 5.74) is 2.76. The second-order valence-corrected chi connectivity index (χ2v) is 8.52. The summed E-state index contributed by atoms with van der Waals surface area (Å²) < 4.78 is 34.5. The fraction of sp³-hybridized carbons (Fsp3) is 0.481. The molecule has 0 heterocycles. The zero-order chi connectivity index (χ0) is 21.3. The molecule has 0 N–H and O–H groups in total. The van der Waals surface area contributed by atoms with E-state index in [2.05, 4.69) is 19.6 Å². The minimum absolute atomic E-state index is 0.0225. The molecular formula is C27H34F2O. The van der Waals surface area contributed by atoms with Crippen molar-refractivity contribution >= 4 is 0 Å². The van der Waals surface area contributed by atoms with Gasteiger partial charge in [0.1, 0.15) is 11.6 Å². The minimum Gasteiger partial charge on any atom is -0.373 e. The number of ether oxygens (including phenoxy) is 1. The van der Waals surface area contributed by atoms with Crippen molar-refractivity contribution in [1.82, 2.24) is 0 Å². The smallest absolute Gasteiger partial charge is 0.132 e. The summed E-state index contributed by atoms with van der Waals surface area (Å²) in [5.74, 6) is 0.196. The summed E-state index contributed by atoms with van der Waals surface area (Å²) in [6.07, 6.45) is 11.7. The van der Waals surface area contributed by atoms with Crippen LogP contribution in [-0.2, 0) is 11.3 Å². The molecule has 3 heteroatoms. The largest absolute Gasteiger partial charge is 0.373 e. The second kappa shape index (κ2) is 11.4. The van der Waals surface area contributed by atoms with E-state index in [0.29, 0.717) is 11.5 Å². The molecule has 0 bridgehead atoms. The third-order valence-corrected chi connectivity index (χ3v) is 6.40. The van der Waals surface area contributed by atoms with Crippen LogP contribution < -0.4 is 0 Å². The van der Waals surface area contributed by atoms with Gasteiger partial charge in [0, 0.05) is 5.56 Å². The molecule has 1 aliphatic carbocycles. The van der Waals surface area contributed by atoms with Crippen molar-refractivity contribution in [1.29, 1.82) is 0 Å². The number of unbranched alkanes of at least 4 members (excludes halogenated alkanes) is 2. The predicted molar refractivity (Wildman–Crippen MR) is 120 cm³/mol. The van der Waals surface area contributed by atoms with E-state index >= 15 is 0 Å². The lowest BCUT2D eigenvalue weighted by Gasteiger charge is -2.30. The van der Waals surface area contributed by atoms with E-state index in [-0.39, 0.29) is 18.8 Å². The van der Waals surface area contributed by atoms with Crippen molar-refractivity contribution in [2.45, 2.75) is 70.8 Å². The van der Waals surface area contributed by atoms with Crippen molar-refractivity contribution in [2.75, 3.05) is 6.61 Å². The van der Waals surface area contributed by atoms with Gasteiger partial charge in [-0.15, -0.1) is 6.58 Å². The van der Waals surface area contributed by atoms with Gasteiger partial charge in [-0.05, 0) is 66.3 Å². The molecule has 1 fully saturated rings. The zero-order valence-corrected chi connectivity index (χ0v) is 18.1. The third-order valence-electron chi connectivity index (χ3n) is 6.40. The van der Waals surface area contributed by atoms with Gasteiger partial charge < -0.3 is 4.74 Å². The highest BCUT2D eigenvalue weighted by Gasteiger charge is 2.24. The highest BCUT2D eigenvalue weighted by Crippen LogP contribution is 2.41. The van der Waals surface area contributed by atoms with Crippen molar-refractivity contribution in [3.8, 4) is 11.1 Å². The van der Waals surface area contributed by atoms with Crippen LogP contribution >= 0.6 is 0 Å². The Morgan fingerprint density at radius 2 is 1.73 bits per heavy atom. The van der Waals surface area contributed by atoms with Crippen molar-refractivity contribution in [2.24, 2.45) is 5.92 Å². The SMILES string of the molecule is C=CCOCc1c(F)cc(-c2ccccc2[C@H]2CC[C@H](CCCCC)CC2)cc1F. The first kappa shape index (κ1) is 22.7. The second-order valence-electron chi connectivity index (χ2n) is 8.52. The molecule has 0 aliphatic heterocycles. The molecule has 1 saturated carbocycles. The van der Waals surface area contributed by atoms with E-state index in [0.717, 1.165) is 24.3 Å². The third kappa shape index (κ3) is 5.78. The maximum atomic E-state index is 14.7. The average Bonchev–Trinajstić information content (AvgIpc) is 2.76. The Balaban J connectivity index is 1.75. The number of hydrogen-bond acceptors (Lipinski definition) is 1. The van der Waals surface area contributed by atoms with Crippen LogP contribution in [0.4, 0.5) is 8.78 Å². The molecule has 0 radical (unpaired) electrons. The molecule has 3 rings (SSSR count). The Hall–Kier alpha value is -2.00. The van der Waals surface area contributed by atoms with Gasteiger partial charge in [0.05, 0.1) is 13.2 Å². The van der Waals surface area contributed by atoms with Crippen LogP contribution in [0.15, 0.2) is 49.1 Å². The summed E-state index contributed by atoms with van der Waals surface area (Å²) >= 11 is 0. The lowest BCUT2D eigenvalue weighted by Crippen LogP contribution is -2.14. The summed E-state index contributed by atoms with van der Waals surface area (Å²) in [5, 5.41) is 0. The molecule has 0 amide bonds. The zero-order valence-electron chi connectivity index (χ0n) is 18.1. The highest BCUT2D eigenvalue weighted by atomic mass is 19.1. The monoisotopic (exact) mass is 412 g/mol.